The first kappa shape index (κ1) is 19.6. The lowest BCUT2D eigenvalue weighted by Crippen LogP contribution is -2.56. The summed E-state index contributed by atoms with van der Waals surface area (Å²) >= 11 is 5.72. The third-order valence-corrected chi connectivity index (χ3v) is 6.85. The molecule has 28 heavy (non-hydrogen) atoms. The van der Waals surface area contributed by atoms with E-state index >= 15 is 0 Å². The summed E-state index contributed by atoms with van der Waals surface area (Å²) in [5.41, 5.74) is 0.102. The molecule has 0 aromatic heterocycles. The Bertz CT molecular complexity index is 792. The summed E-state index contributed by atoms with van der Waals surface area (Å²) in [5.74, 6) is 0.352. The van der Waals surface area contributed by atoms with Crippen LogP contribution in [0.5, 0.6) is 0 Å². The van der Waals surface area contributed by atoms with Gasteiger partial charge in [0.1, 0.15) is 5.82 Å². The van der Waals surface area contributed by atoms with Crippen molar-refractivity contribution in [3.8, 4) is 0 Å². The summed E-state index contributed by atoms with van der Waals surface area (Å²) in [6, 6.07) is 4.18. The van der Waals surface area contributed by atoms with Crippen molar-refractivity contribution in [2.24, 2.45) is 17.8 Å². The summed E-state index contributed by atoms with van der Waals surface area (Å²) in [5, 5.41) is 3.29. The van der Waals surface area contributed by atoms with Gasteiger partial charge in [-0.1, -0.05) is 25.4 Å². The minimum absolute atomic E-state index is 0.0149. The van der Waals surface area contributed by atoms with E-state index in [2.05, 4.69) is 24.1 Å². The van der Waals surface area contributed by atoms with E-state index in [9.17, 15) is 14.0 Å². The first-order chi connectivity index (χ1) is 13.3. The average Bonchev–Trinajstić information content (AvgIpc) is 3.17. The summed E-state index contributed by atoms with van der Waals surface area (Å²) in [7, 11) is 0. The van der Waals surface area contributed by atoms with Gasteiger partial charge < -0.3 is 15.1 Å². The first-order valence-corrected chi connectivity index (χ1v) is 10.5. The number of rotatable bonds is 3. The quantitative estimate of drug-likeness (QED) is 0.838. The lowest BCUT2D eigenvalue weighted by Gasteiger charge is -2.43. The summed E-state index contributed by atoms with van der Waals surface area (Å²) in [6.45, 7) is 8.33. The molecule has 0 saturated carbocycles. The van der Waals surface area contributed by atoms with Crippen LogP contribution in [0.3, 0.4) is 0 Å². The number of amides is 2. The van der Waals surface area contributed by atoms with Crippen molar-refractivity contribution in [3.05, 3.63) is 34.6 Å². The number of nitrogens with one attached hydrogen (secondary N) is 1. The Morgan fingerprint density at radius 2 is 2.04 bits per heavy atom. The van der Waals surface area contributed by atoms with Gasteiger partial charge in [-0.3, -0.25) is 9.59 Å². The second-order valence-electron chi connectivity index (χ2n) is 8.89. The van der Waals surface area contributed by atoms with Gasteiger partial charge in [0, 0.05) is 49.7 Å². The largest absolute Gasteiger partial charge is 0.350 e. The van der Waals surface area contributed by atoms with Crippen molar-refractivity contribution in [1.29, 1.82) is 0 Å². The van der Waals surface area contributed by atoms with Gasteiger partial charge in [-0.2, -0.15) is 0 Å². The molecule has 1 aromatic rings. The lowest BCUT2D eigenvalue weighted by atomic mass is 9.75. The molecule has 152 valence electrons. The number of likely N-dealkylation sites (tertiary alicyclic amines) is 2. The van der Waals surface area contributed by atoms with Crippen molar-refractivity contribution >= 4 is 23.4 Å². The van der Waals surface area contributed by atoms with Crippen LogP contribution < -0.4 is 5.32 Å². The molecule has 2 amide bonds. The monoisotopic (exact) mass is 407 g/mol. The number of benzene rings is 1. The molecule has 3 fully saturated rings. The minimum atomic E-state index is -0.580. The van der Waals surface area contributed by atoms with Crippen molar-refractivity contribution in [2.45, 2.75) is 32.2 Å². The Hall–Kier alpha value is -1.66. The van der Waals surface area contributed by atoms with E-state index in [-0.39, 0.29) is 28.3 Å². The predicted octanol–water partition coefficient (Wildman–Crippen LogP) is 2.79. The second kappa shape index (κ2) is 7.30. The van der Waals surface area contributed by atoms with Gasteiger partial charge in [0.2, 0.25) is 5.91 Å². The number of hydrogen-bond donors (Lipinski definition) is 1. The number of fused-ring (bicyclic) bond motifs is 2. The van der Waals surface area contributed by atoms with Crippen molar-refractivity contribution in [1.82, 2.24) is 15.1 Å². The molecule has 3 saturated heterocycles. The van der Waals surface area contributed by atoms with Gasteiger partial charge in [-0.05, 0) is 37.0 Å². The molecular formula is C21H27ClFN3O2. The fraction of sp³-hybridized carbons (Fsp3) is 0.619. The summed E-state index contributed by atoms with van der Waals surface area (Å²) < 4.78 is 13.7. The molecule has 0 unspecified atom stereocenters. The number of halogens is 2. The SMILES string of the molecule is CC(C)CN1C[C@H]2C(=O)NC3(CCN(C(=O)c4ccc(Cl)c(F)c4)CC3)[C@H]2C1. The highest BCUT2D eigenvalue weighted by Crippen LogP contribution is 2.44. The Morgan fingerprint density at radius 1 is 1.32 bits per heavy atom. The molecule has 0 bridgehead atoms. The van der Waals surface area contributed by atoms with Gasteiger partial charge in [-0.25, -0.2) is 4.39 Å². The first-order valence-electron chi connectivity index (χ1n) is 10.1. The van der Waals surface area contributed by atoms with Gasteiger partial charge >= 0.3 is 0 Å². The number of carbonyl (C=O) groups excluding carboxylic acids is 2. The fourth-order valence-electron chi connectivity index (χ4n) is 5.22. The molecule has 3 aliphatic rings. The van der Waals surface area contributed by atoms with E-state index in [0.29, 0.717) is 30.5 Å². The molecule has 1 aromatic carbocycles. The molecule has 4 rings (SSSR count). The van der Waals surface area contributed by atoms with Crippen LogP contribution in [-0.2, 0) is 4.79 Å². The van der Waals surface area contributed by atoms with Gasteiger partial charge in [0.25, 0.3) is 5.91 Å². The number of nitrogens with zero attached hydrogens (tertiary/aromatic N) is 2. The second-order valence-corrected chi connectivity index (χ2v) is 9.30. The van der Waals surface area contributed by atoms with Crippen molar-refractivity contribution in [3.63, 3.8) is 0 Å². The lowest BCUT2D eigenvalue weighted by molar-refractivity contribution is -0.123. The normalized spacial score (nSPS) is 26.8. The average molecular weight is 408 g/mol. The van der Waals surface area contributed by atoms with Crippen LogP contribution >= 0.6 is 11.6 Å². The van der Waals surface area contributed by atoms with E-state index in [1.165, 1.54) is 12.1 Å². The summed E-state index contributed by atoms with van der Waals surface area (Å²) in [6.07, 6.45) is 1.49. The highest BCUT2D eigenvalue weighted by atomic mass is 35.5. The van der Waals surface area contributed by atoms with E-state index in [4.69, 9.17) is 11.6 Å². The van der Waals surface area contributed by atoms with E-state index in [1.54, 1.807) is 11.0 Å². The van der Waals surface area contributed by atoms with Crippen molar-refractivity contribution in [2.75, 3.05) is 32.7 Å². The molecule has 1 spiro atoms. The zero-order valence-corrected chi connectivity index (χ0v) is 17.1. The third-order valence-electron chi connectivity index (χ3n) is 6.55. The Balaban J connectivity index is 1.44. The zero-order valence-electron chi connectivity index (χ0n) is 16.4. The topological polar surface area (TPSA) is 52.7 Å². The molecule has 3 aliphatic heterocycles. The summed E-state index contributed by atoms with van der Waals surface area (Å²) in [4.78, 5) is 29.5. The smallest absolute Gasteiger partial charge is 0.253 e. The van der Waals surface area contributed by atoms with Crippen LogP contribution in [0.1, 0.15) is 37.0 Å². The molecular weight excluding hydrogens is 381 g/mol. The number of piperidine rings is 1. The minimum Gasteiger partial charge on any atom is -0.350 e. The Kier molecular flexibility index (Phi) is 5.12. The molecule has 0 radical (unpaired) electrons. The number of carbonyl (C=O) groups is 2. The van der Waals surface area contributed by atoms with Crippen LogP contribution in [0, 0.1) is 23.6 Å². The van der Waals surface area contributed by atoms with Crippen molar-refractivity contribution < 1.29 is 14.0 Å². The van der Waals surface area contributed by atoms with Crippen LogP contribution in [0.15, 0.2) is 18.2 Å². The van der Waals surface area contributed by atoms with Gasteiger partial charge in [0.05, 0.1) is 10.9 Å². The maximum absolute atomic E-state index is 13.7. The molecule has 7 heteroatoms. The van der Waals surface area contributed by atoms with Gasteiger partial charge in [-0.15, -0.1) is 0 Å². The van der Waals surface area contributed by atoms with Crippen LogP contribution in [0.4, 0.5) is 4.39 Å². The molecule has 5 nitrogen and oxygen atoms in total. The van der Waals surface area contributed by atoms with Crippen LogP contribution in [0.2, 0.25) is 5.02 Å². The standard InChI is InChI=1S/C21H27ClFN3O2/c1-13(2)10-25-11-15-16(12-25)21(24-19(15)27)5-7-26(8-6-21)20(28)14-3-4-17(22)18(23)9-14/h3-4,9,13,15-16H,5-8,10-12H2,1-2H3,(H,24,27)/t15-,16+/m1/s1. The molecule has 0 aliphatic carbocycles. The molecule has 1 N–H and O–H groups in total. The van der Waals surface area contributed by atoms with E-state index in [1.807, 2.05) is 0 Å². The maximum atomic E-state index is 13.7. The third kappa shape index (κ3) is 3.41. The molecule has 2 atom stereocenters. The highest BCUT2D eigenvalue weighted by Gasteiger charge is 2.57. The Morgan fingerprint density at radius 3 is 2.68 bits per heavy atom. The van der Waals surface area contributed by atoms with Crippen LogP contribution in [-0.4, -0.2) is 59.9 Å². The predicted molar refractivity (Wildman–Crippen MR) is 106 cm³/mol. The van der Waals surface area contributed by atoms with Gasteiger partial charge in [0.15, 0.2) is 0 Å². The number of hydrogen-bond acceptors (Lipinski definition) is 3. The highest BCUT2D eigenvalue weighted by molar-refractivity contribution is 6.30. The van der Waals surface area contributed by atoms with E-state index in [0.717, 1.165) is 32.5 Å². The fourth-order valence-corrected chi connectivity index (χ4v) is 5.34. The zero-order chi connectivity index (χ0) is 20.1. The van der Waals surface area contributed by atoms with E-state index < -0.39 is 5.82 Å². The maximum Gasteiger partial charge on any atom is 0.253 e. The molecule has 3 heterocycles. The van der Waals surface area contributed by atoms with Crippen LogP contribution in [0.25, 0.3) is 0 Å². The Labute approximate surface area is 170 Å².